The van der Waals surface area contributed by atoms with Crippen molar-refractivity contribution in [3.05, 3.63) is 53.0 Å². The van der Waals surface area contributed by atoms with E-state index in [4.69, 9.17) is 0 Å². The number of hydrogen-bond donors (Lipinski definition) is 1. The molecule has 3 aromatic rings. The van der Waals surface area contributed by atoms with Crippen LogP contribution < -0.4 is 5.32 Å². The summed E-state index contributed by atoms with van der Waals surface area (Å²) in [7, 11) is 0. The van der Waals surface area contributed by atoms with Gasteiger partial charge in [-0.3, -0.25) is 4.79 Å². The second kappa shape index (κ2) is 8.41. The zero-order valence-corrected chi connectivity index (χ0v) is 15.1. The van der Waals surface area contributed by atoms with Crippen molar-refractivity contribution in [2.45, 2.75) is 17.7 Å². The number of nitrogens with zero attached hydrogens (tertiary/aromatic N) is 1. The number of halogens is 1. The van der Waals surface area contributed by atoms with Gasteiger partial charge in [0.2, 0.25) is 5.91 Å². The minimum absolute atomic E-state index is 0.0261. The van der Waals surface area contributed by atoms with E-state index in [9.17, 15) is 9.18 Å². The average Bonchev–Trinajstić information content (AvgIpc) is 3.24. The van der Waals surface area contributed by atoms with Crippen LogP contribution in [0.4, 0.5) is 9.52 Å². The number of thiophene rings is 1. The highest BCUT2D eigenvalue weighted by Crippen LogP contribution is 2.28. The molecule has 7 heteroatoms. The fourth-order valence-corrected chi connectivity index (χ4v) is 4.34. The number of amides is 1. The summed E-state index contributed by atoms with van der Waals surface area (Å²) < 4.78 is 12.8. The molecular weight excluding hydrogens is 363 g/mol. The van der Waals surface area contributed by atoms with Crippen molar-refractivity contribution in [2.24, 2.45) is 0 Å². The number of carbonyl (C=O) groups is 1. The summed E-state index contributed by atoms with van der Waals surface area (Å²) in [5.74, 6) is 0.558. The van der Waals surface area contributed by atoms with Gasteiger partial charge >= 0.3 is 0 Å². The van der Waals surface area contributed by atoms with Crippen molar-refractivity contribution < 1.29 is 9.18 Å². The van der Waals surface area contributed by atoms with E-state index in [-0.39, 0.29) is 11.7 Å². The van der Waals surface area contributed by atoms with Crippen molar-refractivity contribution in [1.29, 1.82) is 0 Å². The molecule has 0 spiro atoms. The van der Waals surface area contributed by atoms with Crippen LogP contribution in [0.3, 0.4) is 0 Å². The van der Waals surface area contributed by atoms with E-state index in [1.807, 2.05) is 22.9 Å². The summed E-state index contributed by atoms with van der Waals surface area (Å²) >= 11 is 4.69. The monoisotopic (exact) mass is 378 g/mol. The summed E-state index contributed by atoms with van der Waals surface area (Å²) in [6, 6.07) is 10.4. The minimum atomic E-state index is -0.232. The third-order valence-electron chi connectivity index (χ3n) is 3.15. The van der Waals surface area contributed by atoms with Gasteiger partial charge in [-0.1, -0.05) is 6.07 Å². The highest BCUT2D eigenvalue weighted by Gasteiger charge is 2.08. The molecule has 24 heavy (non-hydrogen) atoms. The Balaban J connectivity index is 1.40. The molecule has 0 radical (unpaired) electrons. The normalized spacial score (nSPS) is 10.7. The molecule has 0 unspecified atom stereocenters. The van der Waals surface area contributed by atoms with Crippen LogP contribution in [-0.4, -0.2) is 16.6 Å². The number of carbonyl (C=O) groups excluding carboxylic acids is 1. The Morgan fingerprint density at radius 3 is 2.79 bits per heavy atom. The molecule has 3 nitrogen and oxygen atoms in total. The number of aromatic nitrogens is 1. The topological polar surface area (TPSA) is 42.0 Å². The van der Waals surface area contributed by atoms with Gasteiger partial charge in [0, 0.05) is 16.7 Å². The van der Waals surface area contributed by atoms with Crippen molar-refractivity contribution in [3.63, 3.8) is 0 Å². The largest absolute Gasteiger partial charge is 0.302 e. The third-order valence-corrected chi connectivity index (χ3v) is 5.90. The fraction of sp³-hybridized carbons (Fsp3) is 0.176. The zero-order chi connectivity index (χ0) is 16.8. The molecule has 1 amide bonds. The van der Waals surface area contributed by atoms with Crippen LogP contribution >= 0.6 is 34.4 Å². The first kappa shape index (κ1) is 17.1. The lowest BCUT2D eigenvalue weighted by Crippen LogP contribution is -2.11. The molecular formula is C17H15FN2OS3. The standard InChI is InChI=1S/C17H15FN2OS3/c18-12-5-7-13(8-6-12)22-9-2-4-16(21)20-17-19-14(11-24-17)15-3-1-10-23-15/h1,3,5-8,10-11H,2,4,9H2,(H,19,20,21). The lowest BCUT2D eigenvalue weighted by Gasteiger charge is -2.02. The average molecular weight is 379 g/mol. The number of thiazole rings is 1. The first-order valence-electron chi connectivity index (χ1n) is 7.38. The molecule has 0 aliphatic heterocycles. The molecule has 2 heterocycles. The molecule has 0 aliphatic carbocycles. The Hall–Kier alpha value is -1.70. The number of thioether (sulfide) groups is 1. The van der Waals surface area contributed by atoms with Gasteiger partial charge in [0.15, 0.2) is 5.13 Å². The van der Waals surface area contributed by atoms with Crippen molar-refractivity contribution >= 4 is 45.5 Å². The second-order valence-corrected chi connectivity index (χ2v) is 7.94. The van der Waals surface area contributed by atoms with E-state index in [0.29, 0.717) is 11.6 Å². The molecule has 0 bridgehead atoms. The van der Waals surface area contributed by atoms with Gasteiger partial charge in [-0.25, -0.2) is 9.37 Å². The number of hydrogen-bond acceptors (Lipinski definition) is 5. The Morgan fingerprint density at radius 2 is 2.04 bits per heavy atom. The van der Waals surface area contributed by atoms with Crippen LogP contribution in [-0.2, 0) is 4.79 Å². The molecule has 124 valence electrons. The molecule has 3 rings (SSSR count). The molecule has 0 atom stereocenters. The molecule has 1 aromatic carbocycles. The van der Waals surface area contributed by atoms with E-state index in [1.54, 1.807) is 35.2 Å². The van der Waals surface area contributed by atoms with Crippen LogP contribution in [0.15, 0.2) is 52.1 Å². The molecule has 1 N–H and O–H groups in total. The molecule has 0 fully saturated rings. The first-order valence-corrected chi connectivity index (χ1v) is 10.1. The van der Waals surface area contributed by atoms with Crippen LogP contribution in [0.1, 0.15) is 12.8 Å². The Labute approximate surface area is 152 Å². The van der Waals surface area contributed by atoms with Gasteiger partial charge in [0.1, 0.15) is 5.82 Å². The Bertz CT molecular complexity index is 785. The summed E-state index contributed by atoms with van der Waals surface area (Å²) in [5.41, 5.74) is 0.900. The maximum absolute atomic E-state index is 12.8. The highest BCUT2D eigenvalue weighted by molar-refractivity contribution is 7.99. The van der Waals surface area contributed by atoms with Crippen molar-refractivity contribution in [1.82, 2.24) is 4.98 Å². The number of anilines is 1. The fourth-order valence-electron chi connectivity index (χ4n) is 2.00. The van der Waals surface area contributed by atoms with Crippen LogP contribution in [0.2, 0.25) is 0 Å². The first-order chi connectivity index (χ1) is 11.7. The van der Waals surface area contributed by atoms with E-state index in [1.165, 1.54) is 23.5 Å². The maximum atomic E-state index is 12.8. The molecule has 0 saturated heterocycles. The number of rotatable bonds is 7. The van der Waals surface area contributed by atoms with Gasteiger partial charge in [-0.2, -0.15) is 0 Å². The van der Waals surface area contributed by atoms with E-state index in [2.05, 4.69) is 10.3 Å². The summed E-state index contributed by atoms with van der Waals surface area (Å²) in [5, 5.41) is 7.43. The van der Waals surface area contributed by atoms with Crippen LogP contribution in [0, 0.1) is 5.82 Å². The summed E-state index contributed by atoms with van der Waals surface area (Å²) in [4.78, 5) is 18.5. The van der Waals surface area contributed by atoms with Crippen LogP contribution in [0.5, 0.6) is 0 Å². The Morgan fingerprint density at radius 1 is 1.21 bits per heavy atom. The summed E-state index contributed by atoms with van der Waals surface area (Å²) in [6.45, 7) is 0. The quantitative estimate of drug-likeness (QED) is 0.435. The molecule has 0 saturated carbocycles. The zero-order valence-electron chi connectivity index (χ0n) is 12.7. The van der Waals surface area contributed by atoms with Crippen molar-refractivity contribution in [2.75, 3.05) is 11.1 Å². The summed E-state index contributed by atoms with van der Waals surface area (Å²) in [6.07, 6.45) is 1.21. The number of nitrogens with one attached hydrogen (secondary N) is 1. The van der Waals surface area contributed by atoms with Gasteiger partial charge in [-0.15, -0.1) is 34.4 Å². The predicted molar refractivity (Wildman–Crippen MR) is 100 cm³/mol. The van der Waals surface area contributed by atoms with E-state index in [0.717, 1.165) is 27.6 Å². The second-order valence-electron chi connectivity index (χ2n) is 4.97. The molecule has 2 aromatic heterocycles. The lowest BCUT2D eigenvalue weighted by atomic mass is 10.3. The predicted octanol–water partition coefficient (Wildman–Crippen LogP) is 5.52. The minimum Gasteiger partial charge on any atom is -0.302 e. The van der Waals surface area contributed by atoms with Gasteiger partial charge < -0.3 is 5.32 Å². The van der Waals surface area contributed by atoms with Gasteiger partial charge in [-0.05, 0) is 47.9 Å². The number of benzene rings is 1. The maximum Gasteiger partial charge on any atom is 0.226 e. The SMILES string of the molecule is O=C(CCCSc1ccc(F)cc1)Nc1nc(-c2cccs2)cs1. The van der Waals surface area contributed by atoms with Crippen molar-refractivity contribution in [3.8, 4) is 10.6 Å². The van der Waals surface area contributed by atoms with Gasteiger partial charge in [0.25, 0.3) is 0 Å². The third kappa shape index (κ3) is 4.90. The van der Waals surface area contributed by atoms with E-state index >= 15 is 0 Å². The highest BCUT2D eigenvalue weighted by atomic mass is 32.2. The van der Waals surface area contributed by atoms with Crippen LogP contribution in [0.25, 0.3) is 10.6 Å². The smallest absolute Gasteiger partial charge is 0.226 e. The van der Waals surface area contributed by atoms with E-state index < -0.39 is 0 Å². The lowest BCUT2D eigenvalue weighted by molar-refractivity contribution is -0.116. The van der Waals surface area contributed by atoms with Gasteiger partial charge in [0.05, 0.1) is 10.6 Å². The Kier molecular flexibility index (Phi) is 6.01. The molecule has 0 aliphatic rings.